The summed E-state index contributed by atoms with van der Waals surface area (Å²) in [5.74, 6) is -0.142. The minimum absolute atomic E-state index is 0.142. The Kier molecular flexibility index (Phi) is 3.24. The van der Waals surface area contributed by atoms with E-state index in [0.29, 0.717) is 6.54 Å². The number of likely N-dealkylation sites (N-methyl/N-ethyl adjacent to an activating group) is 1. The third-order valence-corrected chi connectivity index (χ3v) is 1.61. The van der Waals surface area contributed by atoms with Crippen LogP contribution in [0.1, 0.15) is 11.6 Å². The zero-order chi connectivity index (χ0) is 8.81. The minimum atomic E-state index is -0.142. The van der Waals surface area contributed by atoms with Gasteiger partial charge in [-0.3, -0.25) is 4.98 Å². The van der Waals surface area contributed by atoms with Gasteiger partial charge in [0, 0.05) is 12.7 Å². The summed E-state index contributed by atoms with van der Waals surface area (Å²) < 4.78 is 0. The summed E-state index contributed by atoms with van der Waals surface area (Å²) in [6.07, 6.45) is 1.70. The lowest BCUT2D eigenvalue weighted by molar-refractivity contribution is 0.717. The summed E-state index contributed by atoms with van der Waals surface area (Å²) >= 11 is 0. The fourth-order valence-electron chi connectivity index (χ4n) is 1.00. The van der Waals surface area contributed by atoms with Crippen molar-refractivity contribution in [3.63, 3.8) is 0 Å². The molecular formula is C9H11N3. The molecule has 0 spiro atoms. The molecule has 3 heteroatoms. The predicted octanol–water partition coefficient (Wildman–Crippen LogP) is 0.908. The largest absolute Gasteiger partial charge is 0.318 e. The Labute approximate surface area is 72.1 Å². The summed E-state index contributed by atoms with van der Waals surface area (Å²) in [4.78, 5) is 4.11. The highest BCUT2D eigenvalue weighted by molar-refractivity contribution is 5.16. The number of hydrogen-bond acceptors (Lipinski definition) is 3. The standard InChI is InChI=1S/C9H11N3/c1-11-7-8(6-10)9-4-2-3-5-12-9/h2-5,8,11H,7H2,1H3. The molecule has 0 radical (unpaired) electrons. The van der Waals surface area contributed by atoms with Crippen molar-refractivity contribution in [2.24, 2.45) is 0 Å². The van der Waals surface area contributed by atoms with E-state index in [2.05, 4.69) is 16.4 Å². The average molecular weight is 161 g/mol. The van der Waals surface area contributed by atoms with Crippen LogP contribution in [0.2, 0.25) is 0 Å². The molecule has 0 aliphatic rings. The van der Waals surface area contributed by atoms with Crippen molar-refractivity contribution in [2.45, 2.75) is 5.92 Å². The molecule has 3 nitrogen and oxygen atoms in total. The summed E-state index contributed by atoms with van der Waals surface area (Å²) in [6.45, 7) is 0.646. The van der Waals surface area contributed by atoms with Gasteiger partial charge in [0.15, 0.2) is 0 Å². The number of nitrogens with one attached hydrogen (secondary N) is 1. The van der Waals surface area contributed by atoms with E-state index in [4.69, 9.17) is 5.26 Å². The van der Waals surface area contributed by atoms with Gasteiger partial charge in [-0.1, -0.05) is 6.07 Å². The lowest BCUT2D eigenvalue weighted by Gasteiger charge is -2.05. The fourth-order valence-corrected chi connectivity index (χ4v) is 1.00. The van der Waals surface area contributed by atoms with Crippen LogP contribution in [0.25, 0.3) is 0 Å². The average Bonchev–Trinajstić information content (AvgIpc) is 2.15. The summed E-state index contributed by atoms with van der Waals surface area (Å²) in [5.41, 5.74) is 0.828. The Morgan fingerprint density at radius 3 is 3.00 bits per heavy atom. The minimum Gasteiger partial charge on any atom is -0.318 e. The Balaban J connectivity index is 2.75. The molecule has 1 aromatic rings. The fraction of sp³-hybridized carbons (Fsp3) is 0.333. The van der Waals surface area contributed by atoms with Gasteiger partial charge in [-0.25, -0.2) is 0 Å². The number of rotatable bonds is 3. The quantitative estimate of drug-likeness (QED) is 0.716. The van der Waals surface area contributed by atoms with E-state index in [0.717, 1.165) is 5.69 Å². The highest BCUT2D eigenvalue weighted by Gasteiger charge is 2.08. The first-order valence-electron chi connectivity index (χ1n) is 3.83. The van der Waals surface area contributed by atoms with Crippen molar-refractivity contribution in [1.82, 2.24) is 10.3 Å². The molecule has 0 aliphatic heterocycles. The van der Waals surface area contributed by atoms with Crippen molar-refractivity contribution in [3.05, 3.63) is 30.1 Å². The van der Waals surface area contributed by atoms with Gasteiger partial charge in [0.2, 0.25) is 0 Å². The Bertz CT molecular complexity index is 263. The summed E-state index contributed by atoms with van der Waals surface area (Å²) in [7, 11) is 1.83. The monoisotopic (exact) mass is 161 g/mol. The van der Waals surface area contributed by atoms with E-state index in [1.54, 1.807) is 6.20 Å². The molecule has 62 valence electrons. The van der Waals surface area contributed by atoms with Gasteiger partial charge in [-0.2, -0.15) is 5.26 Å². The van der Waals surface area contributed by atoms with Gasteiger partial charge in [-0.05, 0) is 19.2 Å². The number of nitriles is 1. The molecule has 0 fully saturated rings. The predicted molar refractivity (Wildman–Crippen MR) is 46.5 cm³/mol. The Hall–Kier alpha value is -1.40. The van der Waals surface area contributed by atoms with Gasteiger partial charge < -0.3 is 5.32 Å². The van der Waals surface area contributed by atoms with Crippen LogP contribution < -0.4 is 5.32 Å². The van der Waals surface area contributed by atoms with Crippen LogP contribution >= 0.6 is 0 Å². The highest BCUT2D eigenvalue weighted by atomic mass is 14.8. The second-order valence-corrected chi connectivity index (χ2v) is 2.49. The number of nitrogens with zero attached hydrogens (tertiary/aromatic N) is 2. The second-order valence-electron chi connectivity index (χ2n) is 2.49. The molecule has 0 saturated carbocycles. The molecule has 1 unspecified atom stereocenters. The first-order valence-corrected chi connectivity index (χ1v) is 3.83. The van der Waals surface area contributed by atoms with Gasteiger partial charge in [0.25, 0.3) is 0 Å². The lowest BCUT2D eigenvalue weighted by Crippen LogP contribution is -2.16. The van der Waals surface area contributed by atoms with Gasteiger partial charge in [-0.15, -0.1) is 0 Å². The van der Waals surface area contributed by atoms with Crippen LogP contribution in [-0.4, -0.2) is 18.6 Å². The molecule has 1 heterocycles. The SMILES string of the molecule is CNCC(C#N)c1ccccn1. The van der Waals surface area contributed by atoms with Gasteiger partial charge in [0.1, 0.15) is 5.92 Å². The van der Waals surface area contributed by atoms with Crippen LogP contribution in [0, 0.1) is 11.3 Å². The van der Waals surface area contributed by atoms with E-state index < -0.39 is 0 Å². The van der Waals surface area contributed by atoms with Crippen molar-refractivity contribution in [1.29, 1.82) is 5.26 Å². The van der Waals surface area contributed by atoms with E-state index >= 15 is 0 Å². The molecule has 12 heavy (non-hydrogen) atoms. The molecule has 1 N–H and O–H groups in total. The number of aromatic nitrogens is 1. The molecule has 1 atom stereocenters. The van der Waals surface area contributed by atoms with Crippen LogP contribution in [0.3, 0.4) is 0 Å². The normalized spacial score (nSPS) is 12.0. The van der Waals surface area contributed by atoms with Gasteiger partial charge >= 0.3 is 0 Å². The van der Waals surface area contributed by atoms with E-state index in [1.165, 1.54) is 0 Å². The smallest absolute Gasteiger partial charge is 0.101 e. The van der Waals surface area contributed by atoms with E-state index in [-0.39, 0.29) is 5.92 Å². The Morgan fingerprint density at radius 1 is 1.67 bits per heavy atom. The van der Waals surface area contributed by atoms with Crippen molar-refractivity contribution in [2.75, 3.05) is 13.6 Å². The molecule has 0 amide bonds. The summed E-state index contributed by atoms with van der Waals surface area (Å²) in [6, 6.07) is 7.80. The van der Waals surface area contributed by atoms with E-state index in [1.807, 2.05) is 25.2 Å². The maximum atomic E-state index is 8.78. The van der Waals surface area contributed by atoms with Crippen molar-refractivity contribution >= 4 is 0 Å². The molecule has 0 saturated heterocycles. The zero-order valence-electron chi connectivity index (χ0n) is 6.99. The first-order chi connectivity index (χ1) is 5.88. The van der Waals surface area contributed by atoms with E-state index in [9.17, 15) is 0 Å². The third-order valence-electron chi connectivity index (χ3n) is 1.61. The molecule has 1 aromatic heterocycles. The number of hydrogen-bond donors (Lipinski definition) is 1. The third kappa shape index (κ3) is 2.04. The molecule has 1 rings (SSSR count). The highest BCUT2D eigenvalue weighted by Crippen LogP contribution is 2.09. The van der Waals surface area contributed by atoms with Crippen molar-refractivity contribution in [3.8, 4) is 6.07 Å². The van der Waals surface area contributed by atoms with Crippen molar-refractivity contribution < 1.29 is 0 Å². The van der Waals surface area contributed by atoms with Crippen LogP contribution in [0.4, 0.5) is 0 Å². The maximum absolute atomic E-state index is 8.78. The lowest BCUT2D eigenvalue weighted by atomic mass is 10.1. The van der Waals surface area contributed by atoms with Crippen LogP contribution in [-0.2, 0) is 0 Å². The maximum Gasteiger partial charge on any atom is 0.101 e. The second kappa shape index (κ2) is 4.47. The molecule has 0 aromatic carbocycles. The Morgan fingerprint density at radius 2 is 2.50 bits per heavy atom. The summed E-state index contributed by atoms with van der Waals surface area (Å²) in [5, 5.41) is 11.7. The topological polar surface area (TPSA) is 48.7 Å². The number of pyridine rings is 1. The molecular weight excluding hydrogens is 150 g/mol. The first kappa shape index (κ1) is 8.69. The van der Waals surface area contributed by atoms with Gasteiger partial charge in [0.05, 0.1) is 11.8 Å². The molecule has 0 bridgehead atoms. The molecule has 0 aliphatic carbocycles. The van der Waals surface area contributed by atoms with Crippen LogP contribution in [0.5, 0.6) is 0 Å². The van der Waals surface area contributed by atoms with Crippen LogP contribution in [0.15, 0.2) is 24.4 Å². The zero-order valence-corrected chi connectivity index (χ0v) is 6.99.